The molecule has 1 aromatic carbocycles. The molecule has 3 N–H and O–H groups in total. The van der Waals surface area contributed by atoms with Gasteiger partial charge in [-0.15, -0.1) is 22.7 Å². The molecule has 0 saturated heterocycles. The number of aromatic amines is 1. The van der Waals surface area contributed by atoms with E-state index in [2.05, 4.69) is 44.0 Å². The lowest BCUT2D eigenvalue weighted by Gasteiger charge is -2.24. The van der Waals surface area contributed by atoms with Crippen molar-refractivity contribution in [1.29, 1.82) is 0 Å². The Hall–Kier alpha value is -1.63. The molecule has 3 nitrogen and oxygen atoms in total. The van der Waals surface area contributed by atoms with E-state index in [1.165, 1.54) is 16.2 Å². The molecule has 0 amide bonds. The number of phenolic OH excluding ortho intramolecular Hbond substituents is 1. The van der Waals surface area contributed by atoms with Gasteiger partial charge in [-0.2, -0.15) is 0 Å². The average molecular weight is 392 g/mol. The lowest BCUT2D eigenvalue weighted by molar-refractivity contribution is 0.429. The highest BCUT2D eigenvalue weighted by molar-refractivity contribution is 7.73. The van der Waals surface area contributed by atoms with E-state index in [0.717, 1.165) is 27.3 Å². The van der Waals surface area contributed by atoms with Gasteiger partial charge in [0.1, 0.15) is 5.75 Å². The van der Waals surface area contributed by atoms with Crippen molar-refractivity contribution in [3.8, 4) is 22.1 Å². The quantitative estimate of drug-likeness (QED) is 0.452. The first-order valence-electron chi connectivity index (χ1n) is 8.13. The van der Waals surface area contributed by atoms with E-state index in [1.54, 1.807) is 17.4 Å². The van der Waals surface area contributed by atoms with Gasteiger partial charge in [-0.05, 0) is 59.9 Å². The minimum atomic E-state index is -0.0708. The predicted octanol–water partition coefficient (Wildman–Crippen LogP) is 6.22. The van der Waals surface area contributed by atoms with Gasteiger partial charge in [0, 0.05) is 21.7 Å². The number of hydrogen-bond donors (Lipinski definition) is 3. The van der Waals surface area contributed by atoms with Crippen LogP contribution in [0.3, 0.4) is 0 Å². The Morgan fingerprint density at radius 1 is 1.12 bits per heavy atom. The molecule has 0 spiro atoms. The Bertz CT molecular complexity index is 950. The van der Waals surface area contributed by atoms with Gasteiger partial charge in [-0.3, -0.25) is 0 Å². The Balaban J connectivity index is 1.91. The number of rotatable bonds is 5. The summed E-state index contributed by atoms with van der Waals surface area (Å²) in [5.74, 6) is 0.519. The number of benzene rings is 1. The standard InChI is InChI=1S/C19H21NO2S3/c1-4-19(2,3)13-9-11(5-7-14(13)21)15-8-6-12(24-15)10-16-17(22)20-18(23)25-16/h5-9,21-22H,4,10H2,1-3H3,(H,20,23). The van der Waals surface area contributed by atoms with Crippen LogP contribution in [-0.2, 0) is 11.8 Å². The summed E-state index contributed by atoms with van der Waals surface area (Å²) in [6.07, 6.45) is 1.62. The zero-order valence-electron chi connectivity index (χ0n) is 14.4. The first-order valence-corrected chi connectivity index (χ1v) is 10.2. The van der Waals surface area contributed by atoms with Crippen molar-refractivity contribution in [1.82, 2.24) is 4.98 Å². The molecule has 0 radical (unpaired) electrons. The molecule has 0 atom stereocenters. The number of thiazole rings is 1. The fraction of sp³-hybridized carbons (Fsp3) is 0.316. The number of H-pyrrole nitrogens is 1. The SMILES string of the molecule is CCC(C)(C)c1cc(-c2ccc(Cc3sc(=S)[nH]c3O)s2)ccc1O. The van der Waals surface area contributed by atoms with Crippen LogP contribution in [0, 0.1) is 3.95 Å². The molecule has 3 aromatic rings. The fourth-order valence-electron chi connectivity index (χ4n) is 2.68. The van der Waals surface area contributed by atoms with Gasteiger partial charge in [0.15, 0.2) is 3.95 Å². The second kappa shape index (κ2) is 6.94. The topological polar surface area (TPSA) is 56.2 Å². The molecular formula is C19H21NO2S3. The van der Waals surface area contributed by atoms with E-state index < -0.39 is 0 Å². The van der Waals surface area contributed by atoms with Gasteiger partial charge in [0.25, 0.3) is 0 Å². The highest BCUT2D eigenvalue weighted by Crippen LogP contribution is 2.38. The van der Waals surface area contributed by atoms with E-state index in [1.807, 2.05) is 6.07 Å². The molecule has 0 aliphatic heterocycles. The average Bonchev–Trinajstić information content (AvgIpc) is 3.14. The van der Waals surface area contributed by atoms with Crippen molar-refractivity contribution >= 4 is 34.9 Å². The van der Waals surface area contributed by atoms with Gasteiger partial charge >= 0.3 is 0 Å². The fourth-order valence-corrected chi connectivity index (χ4v) is 4.93. The van der Waals surface area contributed by atoms with Crippen LogP contribution in [0.25, 0.3) is 10.4 Å². The van der Waals surface area contributed by atoms with Crippen molar-refractivity contribution in [2.75, 3.05) is 0 Å². The van der Waals surface area contributed by atoms with E-state index in [9.17, 15) is 10.2 Å². The molecule has 25 heavy (non-hydrogen) atoms. The van der Waals surface area contributed by atoms with Gasteiger partial charge in [-0.25, -0.2) is 0 Å². The minimum absolute atomic E-state index is 0.0708. The Morgan fingerprint density at radius 3 is 2.52 bits per heavy atom. The minimum Gasteiger partial charge on any atom is -0.508 e. The molecule has 2 heterocycles. The third kappa shape index (κ3) is 3.81. The summed E-state index contributed by atoms with van der Waals surface area (Å²) in [4.78, 5) is 5.95. The van der Waals surface area contributed by atoms with E-state index in [0.29, 0.717) is 16.1 Å². The highest BCUT2D eigenvalue weighted by atomic mass is 32.1. The van der Waals surface area contributed by atoms with Crippen LogP contribution in [0.1, 0.15) is 42.5 Å². The van der Waals surface area contributed by atoms with Crippen LogP contribution >= 0.6 is 34.9 Å². The number of nitrogens with one attached hydrogen (secondary N) is 1. The van der Waals surface area contributed by atoms with E-state index in [4.69, 9.17) is 12.2 Å². The van der Waals surface area contributed by atoms with Gasteiger partial charge in [0.05, 0.1) is 4.88 Å². The smallest absolute Gasteiger partial charge is 0.204 e. The maximum Gasteiger partial charge on any atom is 0.204 e. The number of hydrogen-bond acceptors (Lipinski definition) is 5. The third-order valence-corrected chi connectivity index (χ3v) is 6.95. The summed E-state index contributed by atoms with van der Waals surface area (Å²) in [5, 5.41) is 20.1. The number of aromatic nitrogens is 1. The number of aromatic hydroxyl groups is 2. The summed E-state index contributed by atoms with van der Waals surface area (Å²) in [5.41, 5.74) is 2.01. The molecule has 3 rings (SSSR count). The van der Waals surface area contributed by atoms with Crippen molar-refractivity contribution < 1.29 is 10.2 Å². The van der Waals surface area contributed by atoms with Crippen LogP contribution < -0.4 is 0 Å². The first-order chi connectivity index (χ1) is 11.8. The van der Waals surface area contributed by atoms with Gasteiger partial charge in [-0.1, -0.05) is 20.8 Å². The van der Waals surface area contributed by atoms with Crippen LogP contribution in [0.4, 0.5) is 0 Å². The van der Waals surface area contributed by atoms with Gasteiger partial charge in [0.2, 0.25) is 5.88 Å². The Kier molecular flexibility index (Phi) is 5.04. The van der Waals surface area contributed by atoms with E-state index in [-0.39, 0.29) is 11.3 Å². The van der Waals surface area contributed by atoms with Gasteiger partial charge < -0.3 is 15.2 Å². The summed E-state index contributed by atoms with van der Waals surface area (Å²) in [6, 6.07) is 10.0. The zero-order chi connectivity index (χ0) is 18.2. The second-order valence-corrected chi connectivity index (χ2v) is 9.64. The molecule has 6 heteroatoms. The molecule has 132 valence electrons. The van der Waals surface area contributed by atoms with E-state index >= 15 is 0 Å². The molecule has 0 bridgehead atoms. The molecule has 2 aromatic heterocycles. The van der Waals surface area contributed by atoms with Crippen molar-refractivity contribution in [3.63, 3.8) is 0 Å². The normalized spacial score (nSPS) is 11.8. The predicted molar refractivity (Wildman–Crippen MR) is 109 cm³/mol. The van der Waals surface area contributed by atoms with Crippen LogP contribution in [0.2, 0.25) is 0 Å². The lowest BCUT2D eigenvalue weighted by Crippen LogP contribution is -2.15. The Labute approximate surface area is 160 Å². The summed E-state index contributed by atoms with van der Waals surface area (Å²) < 4.78 is 0.592. The monoisotopic (exact) mass is 391 g/mol. The molecule has 0 aliphatic rings. The summed E-state index contributed by atoms with van der Waals surface area (Å²) in [6.45, 7) is 6.43. The lowest BCUT2D eigenvalue weighted by atomic mass is 9.81. The Morgan fingerprint density at radius 2 is 1.88 bits per heavy atom. The zero-order valence-corrected chi connectivity index (χ0v) is 16.9. The third-order valence-electron chi connectivity index (χ3n) is 4.59. The van der Waals surface area contributed by atoms with Crippen LogP contribution in [-0.4, -0.2) is 15.2 Å². The maximum atomic E-state index is 10.2. The van der Waals surface area contributed by atoms with Crippen molar-refractivity contribution in [2.24, 2.45) is 0 Å². The second-order valence-electron chi connectivity index (χ2n) is 6.70. The molecular weight excluding hydrogens is 370 g/mol. The molecule has 0 saturated carbocycles. The summed E-state index contributed by atoms with van der Waals surface area (Å²) >= 11 is 8.18. The highest BCUT2D eigenvalue weighted by Gasteiger charge is 2.22. The first kappa shape index (κ1) is 18.2. The number of phenols is 1. The largest absolute Gasteiger partial charge is 0.508 e. The number of thiophene rings is 1. The van der Waals surface area contributed by atoms with Crippen LogP contribution in [0.5, 0.6) is 11.6 Å². The van der Waals surface area contributed by atoms with Crippen molar-refractivity contribution in [3.05, 3.63) is 49.6 Å². The summed E-state index contributed by atoms with van der Waals surface area (Å²) in [7, 11) is 0. The molecule has 0 fully saturated rings. The van der Waals surface area contributed by atoms with Crippen LogP contribution in [0.15, 0.2) is 30.3 Å². The molecule has 0 aliphatic carbocycles. The maximum absolute atomic E-state index is 10.2. The van der Waals surface area contributed by atoms with Crippen molar-refractivity contribution in [2.45, 2.75) is 39.0 Å². The molecule has 0 unspecified atom stereocenters.